The molecule has 69 heavy (non-hydrogen) atoms. The fourth-order valence-corrected chi connectivity index (χ4v) is 9.69. The molecule has 408 valence electrons. The minimum atomic E-state index is -0.864. The Labute approximate surface area is 431 Å². The van der Waals surface area contributed by atoms with E-state index in [1.165, 1.54) is 231 Å². The van der Waals surface area contributed by atoms with E-state index in [9.17, 15) is 19.8 Å². The second-order valence-electron chi connectivity index (χ2n) is 21.4. The van der Waals surface area contributed by atoms with Gasteiger partial charge in [-0.1, -0.05) is 295 Å². The molecule has 3 N–H and O–H groups in total. The summed E-state index contributed by atoms with van der Waals surface area (Å²) in [4.78, 5) is 24.6. The van der Waals surface area contributed by atoms with Gasteiger partial charge in [0.2, 0.25) is 5.91 Å². The minimum absolute atomic E-state index is 0.0286. The lowest BCUT2D eigenvalue weighted by Crippen LogP contribution is -2.45. The van der Waals surface area contributed by atoms with Gasteiger partial charge in [-0.2, -0.15) is 0 Å². The highest BCUT2D eigenvalue weighted by Gasteiger charge is 2.18. The van der Waals surface area contributed by atoms with Gasteiger partial charge < -0.3 is 20.3 Å². The molecule has 0 aliphatic carbocycles. The van der Waals surface area contributed by atoms with Gasteiger partial charge in [0, 0.05) is 12.8 Å². The zero-order valence-corrected chi connectivity index (χ0v) is 46.6. The molecule has 6 heteroatoms. The molecule has 0 radical (unpaired) electrons. The summed E-state index contributed by atoms with van der Waals surface area (Å²) in [5.74, 6) is -0.122. The van der Waals surface area contributed by atoms with Crippen LogP contribution in [0.1, 0.15) is 341 Å². The second kappa shape index (κ2) is 58.9. The standard InChI is InChI=1S/C63H121NO5/c1-3-5-7-9-11-13-15-17-19-21-22-23-24-25-26-27-28-29-30-32-35-39-43-47-51-55-61(66)60(59-65)64-62(67)56-52-48-44-40-36-34-38-42-46-50-54-58-69-63(68)57-53-49-45-41-37-33-31-20-18-16-14-12-10-8-6-4-2/h38,42,51,55,60-61,65-66H,3-37,39-41,43-50,52-54,56-59H2,1-2H3,(H,64,67)/b42-38-,55-51+. The van der Waals surface area contributed by atoms with Crippen LogP contribution in [0.3, 0.4) is 0 Å². The maximum Gasteiger partial charge on any atom is 0.305 e. The number of esters is 1. The van der Waals surface area contributed by atoms with Crippen molar-refractivity contribution in [1.29, 1.82) is 0 Å². The van der Waals surface area contributed by atoms with Crippen molar-refractivity contribution in [3.05, 3.63) is 24.3 Å². The molecule has 0 rings (SSSR count). The van der Waals surface area contributed by atoms with Crippen molar-refractivity contribution in [3.63, 3.8) is 0 Å². The van der Waals surface area contributed by atoms with Crippen molar-refractivity contribution in [3.8, 4) is 0 Å². The number of ether oxygens (including phenoxy) is 1. The molecule has 0 saturated heterocycles. The molecule has 0 bridgehead atoms. The van der Waals surface area contributed by atoms with Crippen LogP contribution < -0.4 is 5.32 Å². The maximum atomic E-state index is 12.5. The summed E-state index contributed by atoms with van der Waals surface area (Å²) < 4.78 is 5.45. The van der Waals surface area contributed by atoms with Crippen molar-refractivity contribution in [2.45, 2.75) is 353 Å². The number of aliphatic hydroxyl groups is 2. The highest BCUT2D eigenvalue weighted by Crippen LogP contribution is 2.18. The molecule has 0 spiro atoms. The third-order valence-corrected chi connectivity index (χ3v) is 14.5. The summed E-state index contributed by atoms with van der Waals surface area (Å²) in [6, 6.07) is -0.650. The quantitative estimate of drug-likeness (QED) is 0.0321. The number of amides is 1. The number of hydrogen-bond donors (Lipinski definition) is 3. The van der Waals surface area contributed by atoms with E-state index in [1.54, 1.807) is 6.08 Å². The average Bonchev–Trinajstić information content (AvgIpc) is 3.35. The smallest absolute Gasteiger partial charge is 0.305 e. The van der Waals surface area contributed by atoms with Gasteiger partial charge >= 0.3 is 5.97 Å². The van der Waals surface area contributed by atoms with E-state index in [-0.39, 0.29) is 18.5 Å². The van der Waals surface area contributed by atoms with E-state index in [2.05, 4.69) is 31.3 Å². The number of rotatable bonds is 58. The zero-order valence-electron chi connectivity index (χ0n) is 46.6. The normalized spacial score (nSPS) is 12.7. The number of aliphatic hydroxyl groups excluding tert-OH is 2. The summed E-state index contributed by atoms with van der Waals surface area (Å²) in [5, 5.41) is 23.2. The lowest BCUT2D eigenvalue weighted by Gasteiger charge is -2.20. The Morgan fingerprint density at radius 2 is 0.681 bits per heavy atom. The minimum Gasteiger partial charge on any atom is -0.466 e. The van der Waals surface area contributed by atoms with Gasteiger partial charge in [-0.25, -0.2) is 0 Å². The van der Waals surface area contributed by atoms with Gasteiger partial charge in [-0.05, 0) is 57.8 Å². The molecule has 0 aliphatic rings. The van der Waals surface area contributed by atoms with Gasteiger partial charge in [0.25, 0.3) is 0 Å². The van der Waals surface area contributed by atoms with Crippen molar-refractivity contribution < 1.29 is 24.5 Å². The lowest BCUT2D eigenvalue weighted by molar-refractivity contribution is -0.143. The third kappa shape index (κ3) is 55.5. The Morgan fingerprint density at radius 3 is 1.03 bits per heavy atom. The van der Waals surface area contributed by atoms with Crippen LogP contribution >= 0.6 is 0 Å². The molecule has 0 saturated carbocycles. The lowest BCUT2D eigenvalue weighted by atomic mass is 10.0. The van der Waals surface area contributed by atoms with E-state index in [4.69, 9.17) is 4.74 Å². The zero-order chi connectivity index (χ0) is 50.0. The second-order valence-corrected chi connectivity index (χ2v) is 21.4. The average molecular weight is 973 g/mol. The first-order valence-electron chi connectivity index (χ1n) is 31.1. The van der Waals surface area contributed by atoms with Crippen LogP contribution in [0.15, 0.2) is 24.3 Å². The van der Waals surface area contributed by atoms with Crippen molar-refractivity contribution in [2.24, 2.45) is 0 Å². The van der Waals surface area contributed by atoms with E-state index in [0.717, 1.165) is 83.5 Å². The fraction of sp³-hybridized carbons (Fsp3) is 0.905. The fourth-order valence-electron chi connectivity index (χ4n) is 9.69. The van der Waals surface area contributed by atoms with E-state index < -0.39 is 12.1 Å². The summed E-state index contributed by atoms with van der Waals surface area (Å²) in [6.45, 7) is 4.86. The van der Waals surface area contributed by atoms with Crippen LogP contribution in [-0.2, 0) is 14.3 Å². The van der Waals surface area contributed by atoms with Crippen molar-refractivity contribution >= 4 is 11.9 Å². The van der Waals surface area contributed by atoms with Gasteiger partial charge in [-0.3, -0.25) is 9.59 Å². The molecule has 2 atom stereocenters. The summed E-state index contributed by atoms with van der Waals surface area (Å²) in [7, 11) is 0. The molecule has 6 nitrogen and oxygen atoms in total. The van der Waals surface area contributed by atoms with Crippen molar-refractivity contribution in [2.75, 3.05) is 13.2 Å². The maximum absolute atomic E-state index is 12.5. The summed E-state index contributed by atoms with van der Waals surface area (Å²) in [5.41, 5.74) is 0. The topological polar surface area (TPSA) is 95.9 Å². The Balaban J connectivity index is 3.51. The molecular formula is C63H121NO5. The molecule has 0 aromatic carbocycles. The Bertz CT molecular complexity index is 1080. The SMILES string of the molecule is CCCCCCCCCCCCCCCCCCCCCCCCC/C=C/C(O)C(CO)NC(=O)CCCCCCC/C=C\CCCCOC(=O)CCCCCCCCCCCCCCCCCC. The molecule has 2 unspecified atom stereocenters. The van der Waals surface area contributed by atoms with Crippen LogP contribution in [0, 0.1) is 0 Å². The Kier molecular flexibility index (Phi) is 57.5. The molecule has 0 fully saturated rings. The van der Waals surface area contributed by atoms with Crippen LogP contribution in [0.25, 0.3) is 0 Å². The van der Waals surface area contributed by atoms with Crippen LogP contribution in [0.2, 0.25) is 0 Å². The predicted octanol–water partition coefficient (Wildman–Crippen LogP) is 19.4. The van der Waals surface area contributed by atoms with Crippen LogP contribution in [0.4, 0.5) is 0 Å². The summed E-state index contributed by atoms with van der Waals surface area (Å²) >= 11 is 0. The number of allylic oxidation sites excluding steroid dienone is 3. The van der Waals surface area contributed by atoms with Gasteiger partial charge in [0.1, 0.15) is 0 Å². The largest absolute Gasteiger partial charge is 0.466 e. The molecule has 0 aromatic heterocycles. The van der Waals surface area contributed by atoms with Gasteiger partial charge in [-0.15, -0.1) is 0 Å². The number of unbranched alkanes of at least 4 members (excludes halogenated alkanes) is 45. The molecule has 0 aliphatic heterocycles. The number of carbonyl (C=O) groups is 2. The van der Waals surface area contributed by atoms with Gasteiger partial charge in [0.05, 0.1) is 25.4 Å². The third-order valence-electron chi connectivity index (χ3n) is 14.5. The van der Waals surface area contributed by atoms with Gasteiger partial charge in [0.15, 0.2) is 0 Å². The first kappa shape index (κ1) is 67.3. The van der Waals surface area contributed by atoms with Crippen molar-refractivity contribution in [1.82, 2.24) is 5.32 Å². The number of hydrogen-bond acceptors (Lipinski definition) is 5. The van der Waals surface area contributed by atoms with E-state index in [0.29, 0.717) is 19.4 Å². The highest BCUT2D eigenvalue weighted by atomic mass is 16.5. The predicted molar refractivity (Wildman–Crippen MR) is 301 cm³/mol. The molecule has 0 aromatic rings. The van der Waals surface area contributed by atoms with E-state index in [1.807, 2.05) is 6.08 Å². The monoisotopic (exact) mass is 972 g/mol. The Morgan fingerprint density at radius 1 is 0.391 bits per heavy atom. The summed E-state index contributed by atoms with van der Waals surface area (Å²) in [6.07, 6.45) is 72.2. The molecule has 1 amide bonds. The molecular weight excluding hydrogens is 851 g/mol. The first-order valence-corrected chi connectivity index (χ1v) is 31.1. The number of nitrogens with one attached hydrogen (secondary N) is 1. The van der Waals surface area contributed by atoms with E-state index >= 15 is 0 Å². The Hall–Kier alpha value is -1.66. The first-order chi connectivity index (χ1) is 34.0. The van der Waals surface area contributed by atoms with Crippen LogP contribution in [0.5, 0.6) is 0 Å². The number of carbonyl (C=O) groups excluding carboxylic acids is 2. The highest BCUT2D eigenvalue weighted by molar-refractivity contribution is 5.76. The van der Waals surface area contributed by atoms with Crippen LogP contribution in [-0.4, -0.2) is 47.4 Å². The molecule has 0 heterocycles.